The van der Waals surface area contributed by atoms with Crippen LogP contribution in [0, 0.1) is 0 Å². The highest BCUT2D eigenvalue weighted by atomic mass is 16.5. The van der Waals surface area contributed by atoms with Gasteiger partial charge in [0.15, 0.2) is 5.96 Å². The molecule has 2 aliphatic rings. The molecule has 1 aliphatic heterocycles. The van der Waals surface area contributed by atoms with Crippen LogP contribution in [0.1, 0.15) is 39.0 Å². The van der Waals surface area contributed by atoms with E-state index in [4.69, 9.17) is 10.5 Å². The zero-order chi connectivity index (χ0) is 11.6. The van der Waals surface area contributed by atoms with E-state index < -0.39 is 0 Å². The van der Waals surface area contributed by atoms with Gasteiger partial charge in [-0.05, 0) is 26.2 Å². The van der Waals surface area contributed by atoms with Crippen LogP contribution in [-0.2, 0) is 4.74 Å². The molecule has 16 heavy (non-hydrogen) atoms. The second kappa shape index (κ2) is 4.62. The van der Waals surface area contributed by atoms with Crippen molar-refractivity contribution in [1.82, 2.24) is 4.90 Å². The van der Waals surface area contributed by atoms with Gasteiger partial charge in [0.1, 0.15) is 0 Å². The first kappa shape index (κ1) is 11.7. The van der Waals surface area contributed by atoms with E-state index in [-0.39, 0.29) is 5.54 Å². The molecule has 1 aliphatic carbocycles. The number of nitrogens with zero attached hydrogens (tertiary/aromatic N) is 2. The highest BCUT2D eigenvalue weighted by Crippen LogP contribution is 2.34. The normalized spacial score (nSPS) is 31.1. The molecule has 0 saturated heterocycles. The fourth-order valence-electron chi connectivity index (χ4n) is 2.99. The summed E-state index contributed by atoms with van der Waals surface area (Å²) in [6, 6.07) is 0.605. The number of nitrogens with two attached hydrogens (primary N) is 1. The summed E-state index contributed by atoms with van der Waals surface area (Å²) in [6.45, 7) is 3.86. The fourth-order valence-corrected chi connectivity index (χ4v) is 2.99. The summed E-state index contributed by atoms with van der Waals surface area (Å²) in [5.41, 5.74) is 6.12. The van der Waals surface area contributed by atoms with Crippen molar-refractivity contribution in [2.45, 2.75) is 50.6 Å². The molecule has 1 fully saturated rings. The Hall–Kier alpha value is -0.770. The van der Waals surface area contributed by atoms with Crippen molar-refractivity contribution in [3.63, 3.8) is 0 Å². The first-order valence-corrected chi connectivity index (χ1v) is 6.25. The van der Waals surface area contributed by atoms with Crippen LogP contribution in [0.2, 0.25) is 0 Å². The Morgan fingerprint density at radius 3 is 2.81 bits per heavy atom. The molecule has 1 heterocycles. The highest BCUT2D eigenvalue weighted by molar-refractivity contribution is 5.81. The Morgan fingerprint density at radius 1 is 1.50 bits per heavy atom. The van der Waals surface area contributed by atoms with Crippen LogP contribution >= 0.6 is 0 Å². The molecule has 1 unspecified atom stereocenters. The van der Waals surface area contributed by atoms with E-state index in [9.17, 15) is 0 Å². The molecular formula is C12H23N3O. The number of ether oxygens (including phenoxy) is 1. The molecule has 0 radical (unpaired) electrons. The van der Waals surface area contributed by atoms with Gasteiger partial charge in [0.05, 0.1) is 12.1 Å². The zero-order valence-corrected chi connectivity index (χ0v) is 10.4. The van der Waals surface area contributed by atoms with E-state index in [1.165, 1.54) is 25.7 Å². The third-order valence-electron chi connectivity index (χ3n) is 3.94. The number of hydrogen-bond donors (Lipinski definition) is 1. The summed E-state index contributed by atoms with van der Waals surface area (Å²) in [4.78, 5) is 6.79. The summed E-state index contributed by atoms with van der Waals surface area (Å²) >= 11 is 0. The summed E-state index contributed by atoms with van der Waals surface area (Å²) < 4.78 is 5.20. The molecule has 0 aromatic heterocycles. The molecule has 0 bridgehead atoms. The van der Waals surface area contributed by atoms with Crippen molar-refractivity contribution in [3.8, 4) is 0 Å². The minimum Gasteiger partial charge on any atom is -0.385 e. The molecule has 2 rings (SSSR count). The Bertz CT molecular complexity index is 273. The standard InChI is InChI=1S/C12H23N3O/c1-12(7-8-16-2)9-14-11(13)15(12)10-5-3-4-6-10/h10H,3-9H2,1-2H3,(H2,13,14). The van der Waals surface area contributed by atoms with Crippen LogP contribution in [0.25, 0.3) is 0 Å². The third-order valence-corrected chi connectivity index (χ3v) is 3.94. The summed E-state index contributed by atoms with van der Waals surface area (Å²) in [6.07, 6.45) is 6.19. The smallest absolute Gasteiger partial charge is 0.192 e. The molecule has 4 heteroatoms. The van der Waals surface area contributed by atoms with Gasteiger partial charge in [-0.3, -0.25) is 4.99 Å². The van der Waals surface area contributed by atoms with Gasteiger partial charge < -0.3 is 15.4 Å². The molecule has 0 amide bonds. The maximum absolute atomic E-state index is 6.04. The monoisotopic (exact) mass is 225 g/mol. The minimum absolute atomic E-state index is 0.0785. The topological polar surface area (TPSA) is 50.9 Å². The number of methoxy groups -OCH3 is 1. The molecule has 0 aromatic rings. The van der Waals surface area contributed by atoms with Gasteiger partial charge in [-0.15, -0.1) is 0 Å². The Kier molecular flexibility index (Phi) is 3.38. The average molecular weight is 225 g/mol. The van der Waals surface area contributed by atoms with E-state index in [1.54, 1.807) is 7.11 Å². The third kappa shape index (κ3) is 2.03. The predicted molar refractivity (Wildman–Crippen MR) is 65.5 cm³/mol. The molecular weight excluding hydrogens is 202 g/mol. The highest BCUT2D eigenvalue weighted by Gasteiger charge is 2.42. The van der Waals surface area contributed by atoms with Crippen LogP contribution in [0.15, 0.2) is 4.99 Å². The first-order chi connectivity index (χ1) is 7.67. The number of hydrogen-bond acceptors (Lipinski definition) is 4. The molecule has 92 valence electrons. The summed E-state index contributed by atoms with van der Waals surface area (Å²) in [5.74, 6) is 0.741. The van der Waals surface area contributed by atoms with E-state index in [2.05, 4.69) is 16.8 Å². The largest absolute Gasteiger partial charge is 0.385 e. The second-order valence-corrected chi connectivity index (χ2v) is 5.22. The number of rotatable bonds is 4. The number of guanidine groups is 1. The van der Waals surface area contributed by atoms with Gasteiger partial charge in [0, 0.05) is 19.8 Å². The predicted octanol–water partition coefficient (Wildman–Crippen LogP) is 1.35. The SMILES string of the molecule is COCCC1(C)CN=C(N)N1C1CCCC1. The van der Waals surface area contributed by atoms with Crippen LogP contribution in [0.5, 0.6) is 0 Å². The quantitative estimate of drug-likeness (QED) is 0.786. The summed E-state index contributed by atoms with van der Waals surface area (Å²) in [5, 5.41) is 0. The van der Waals surface area contributed by atoms with Crippen LogP contribution in [0.3, 0.4) is 0 Å². The van der Waals surface area contributed by atoms with Crippen molar-refractivity contribution < 1.29 is 4.74 Å². The first-order valence-electron chi connectivity index (χ1n) is 6.25. The summed E-state index contributed by atoms with van der Waals surface area (Å²) in [7, 11) is 1.75. The lowest BCUT2D eigenvalue weighted by molar-refractivity contribution is 0.105. The molecule has 2 N–H and O–H groups in total. The lowest BCUT2D eigenvalue weighted by Gasteiger charge is -2.40. The van der Waals surface area contributed by atoms with Gasteiger partial charge in [-0.25, -0.2) is 0 Å². The van der Waals surface area contributed by atoms with Crippen molar-refractivity contribution in [1.29, 1.82) is 0 Å². The number of aliphatic imine (C=N–C) groups is 1. The zero-order valence-electron chi connectivity index (χ0n) is 10.4. The van der Waals surface area contributed by atoms with Crippen LogP contribution in [0.4, 0.5) is 0 Å². The maximum Gasteiger partial charge on any atom is 0.192 e. The maximum atomic E-state index is 6.04. The average Bonchev–Trinajstić information content (AvgIpc) is 2.85. The molecule has 4 nitrogen and oxygen atoms in total. The molecule has 0 aromatic carbocycles. The van der Waals surface area contributed by atoms with E-state index in [0.29, 0.717) is 6.04 Å². The Labute approximate surface area is 97.9 Å². The van der Waals surface area contributed by atoms with Crippen LogP contribution < -0.4 is 5.73 Å². The van der Waals surface area contributed by atoms with Crippen molar-refractivity contribution >= 4 is 5.96 Å². The Balaban J connectivity index is 2.07. The second-order valence-electron chi connectivity index (χ2n) is 5.22. The van der Waals surface area contributed by atoms with E-state index in [0.717, 1.165) is 25.5 Å². The van der Waals surface area contributed by atoms with E-state index in [1.807, 2.05) is 0 Å². The molecule has 1 atom stereocenters. The van der Waals surface area contributed by atoms with Gasteiger partial charge in [0.2, 0.25) is 0 Å². The van der Waals surface area contributed by atoms with Gasteiger partial charge >= 0.3 is 0 Å². The van der Waals surface area contributed by atoms with Gasteiger partial charge in [-0.2, -0.15) is 0 Å². The molecule has 1 saturated carbocycles. The lowest BCUT2D eigenvalue weighted by atomic mass is 9.95. The lowest BCUT2D eigenvalue weighted by Crippen LogP contribution is -2.54. The van der Waals surface area contributed by atoms with Gasteiger partial charge in [0.25, 0.3) is 0 Å². The van der Waals surface area contributed by atoms with Gasteiger partial charge in [-0.1, -0.05) is 12.8 Å². The Morgan fingerprint density at radius 2 is 2.19 bits per heavy atom. The van der Waals surface area contributed by atoms with Crippen molar-refractivity contribution in [2.75, 3.05) is 20.3 Å². The van der Waals surface area contributed by atoms with Crippen molar-refractivity contribution in [2.24, 2.45) is 10.7 Å². The van der Waals surface area contributed by atoms with Crippen molar-refractivity contribution in [3.05, 3.63) is 0 Å². The van der Waals surface area contributed by atoms with Crippen LogP contribution in [-0.4, -0.2) is 42.7 Å². The fraction of sp³-hybridized carbons (Fsp3) is 0.917. The molecule has 0 spiro atoms. The van der Waals surface area contributed by atoms with E-state index >= 15 is 0 Å². The minimum atomic E-state index is 0.0785.